The molecule has 1 aromatic heterocycles. The first-order valence-corrected chi connectivity index (χ1v) is 9.23. The summed E-state index contributed by atoms with van der Waals surface area (Å²) >= 11 is 0. The molecule has 0 aliphatic carbocycles. The summed E-state index contributed by atoms with van der Waals surface area (Å²) in [6.07, 6.45) is 0.921. The Morgan fingerprint density at radius 1 is 1.11 bits per heavy atom. The zero-order chi connectivity index (χ0) is 19.9. The van der Waals surface area contributed by atoms with Crippen LogP contribution in [0.15, 0.2) is 24.3 Å². The smallest absolute Gasteiger partial charge is 0.409 e. The third-order valence-corrected chi connectivity index (χ3v) is 5.70. The molecule has 1 aromatic carbocycles. The molecule has 2 aliphatic rings. The van der Waals surface area contributed by atoms with Gasteiger partial charge in [-0.1, -0.05) is 0 Å². The molecule has 1 saturated heterocycles. The number of aromatic nitrogens is 3. The fourth-order valence-electron chi connectivity index (χ4n) is 4.23. The average Bonchev–Trinajstić information content (AvgIpc) is 3.13. The third kappa shape index (κ3) is 3.00. The maximum atomic E-state index is 13.4. The van der Waals surface area contributed by atoms with Gasteiger partial charge in [0.05, 0.1) is 19.2 Å². The van der Waals surface area contributed by atoms with Crippen molar-refractivity contribution in [3.05, 3.63) is 35.9 Å². The van der Waals surface area contributed by atoms with E-state index in [-0.39, 0.29) is 11.7 Å². The molecule has 2 aliphatic heterocycles. The van der Waals surface area contributed by atoms with Crippen LogP contribution in [0.25, 0.3) is 11.4 Å². The SMILES string of the molecule is COC(=O)N1Cc2nnc(-c3ccc(F)cc3)n2C2(CCN(C(C)=O)CC2)C1. The summed E-state index contributed by atoms with van der Waals surface area (Å²) in [6.45, 7) is 3.48. The van der Waals surface area contributed by atoms with Gasteiger partial charge < -0.3 is 14.2 Å². The van der Waals surface area contributed by atoms with Crippen molar-refractivity contribution in [2.24, 2.45) is 0 Å². The molecule has 2 aromatic rings. The molecule has 0 bridgehead atoms. The molecule has 0 saturated carbocycles. The minimum Gasteiger partial charge on any atom is -0.453 e. The number of carbonyl (C=O) groups excluding carboxylic acids is 2. The highest BCUT2D eigenvalue weighted by molar-refractivity contribution is 5.73. The van der Waals surface area contributed by atoms with Gasteiger partial charge in [0, 0.05) is 32.1 Å². The monoisotopic (exact) mass is 387 g/mol. The number of methoxy groups -OCH3 is 1. The lowest BCUT2D eigenvalue weighted by molar-refractivity contribution is -0.131. The first-order chi connectivity index (χ1) is 13.4. The Hall–Kier alpha value is -2.97. The topological polar surface area (TPSA) is 80.6 Å². The average molecular weight is 387 g/mol. The number of likely N-dealkylation sites (tertiary alicyclic amines) is 1. The molecule has 0 N–H and O–H groups in total. The molecule has 9 heteroatoms. The van der Waals surface area contributed by atoms with Crippen molar-refractivity contribution in [3.63, 3.8) is 0 Å². The van der Waals surface area contributed by atoms with Gasteiger partial charge in [0.2, 0.25) is 5.91 Å². The summed E-state index contributed by atoms with van der Waals surface area (Å²) in [7, 11) is 1.36. The number of hydrogen-bond acceptors (Lipinski definition) is 5. The van der Waals surface area contributed by atoms with Crippen LogP contribution >= 0.6 is 0 Å². The minimum atomic E-state index is -0.444. The first-order valence-electron chi connectivity index (χ1n) is 9.23. The Labute approximate surface area is 161 Å². The second kappa shape index (κ2) is 6.88. The highest BCUT2D eigenvalue weighted by Gasteiger charge is 2.46. The fourth-order valence-corrected chi connectivity index (χ4v) is 4.23. The predicted molar refractivity (Wildman–Crippen MR) is 97.7 cm³/mol. The van der Waals surface area contributed by atoms with Crippen LogP contribution in [0.5, 0.6) is 0 Å². The van der Waals surface area contributed by atoms with Crippen molar-refractivity contribution in [1.29, 1.82) is 0 Å². The van der Waals surface area contributed by atoms with E-state index in [0.29, 0.717) is 50.7 Å². The van der Waals surface area contributed by atoms with Gasteiger partial charge in [0.1, 0.15) is 5.82 Å². The van der Waals surface area contributed by atoms with Crippen LogP contribution < -0.4 is 0 Å². The van der Waals surface area contributed by atoms with Crippen molar-refractivity contribution in [3.8, 4) is 11.4 Å². The van der Waals surface area contributed by atoms with E-state index in [4.69, 9.17) is 4.74 Å². The maximum Gasteiger partial charge on any atom is 0.409 e. The lowest BCUT2D eigenvalue weighted by Crippen LogP contribution is -2.57. The summed E-state index contributed by atoms with van der Waals surface area (Å²) in [6, 6.07) is 6.15. The van der Waals surface area contributed by atoms with E-state index in [1.165, 1.54) is 19.2 Å². The van der Waals surface area contributed by atoms with Gasteiger partial charge in [-0.2, -0.15) is 0 Å². The number of nitrogens with zero attached hydrogens (tertiary/aromatic N) is 5. The number of rotatable bonds is 1. The highest BCUT2D eigenvalue weighted by Crippen LogP contribution is 2.39. The molecular weight excluding hydrogens is 365 g/mol. The second-order valence-corrected chi connectivity index (χ2v) is 7.34. The van der Waals surface area contributed by atoms with Crippen LogP contribution in [-0.2, 0) is 21.6 Å². The molecule has 0 unspecified atom stereocenters. The molecule has 28 heavy (non-hydrogen) atoms. The van der Waals surface area contributed by atoms with Gasteiger partial charge in [-0.3, -0.25) is 9.69 Å². The molecule has 0 atom stereocenters. The largest absolute Gasteiger partial charge is 0.453 e. The van der Waals surface area contributed by atoms with Crippen LogP contribution in [-0.4, -0.2) is 63.3 Å². The van der Waals surface area contributed by atoms with Crippen LogP contribution in [0, 0.1) is 5.82 Å². The van der Waals surface area contributed by atoms with E-state index >= 15 is 0 Å². The van der Waals surface area contributed by atoms with Crippen LogP contribution in [0.3, 0.4) is 0 Å². The minimum absolute atomic E-state index is 0.0400. The number of amides is 2. The van der Waals surface area contributed by atoms with Crippen molar-refractivity contribution >= 4 is 12.0 Å². The van der Waals surface area contributed by atoms with Gasteiger partial charge in [0.25, 0.3) is 0 Å². The standard InChI is InChI=1S/C19H22FN5O3/c1-13(26)23-9-7-19(8-10-23)12-24(18(27)28-2)11-16-21-22-17(25(16)19)14-3-5-15(20)6-4-14/h3-6H,7-12H2,1-2H3. The Morgan fingerprint density at radius 2 is 1.79 bits per heavy atom. The molecule has 0 radical (unpaired) electrons. The quantitative estimate of drug-likeness (QED) is 0.748. The fraction of sp³-hybridized carbons (Fsp3) is 0.474. The number of piperidine rings is 1. The second-order valence-electron chi connectivity index (χ2n) is 7.34. The molecule has 3 heterocycles. The normalized spacial score (nSPS) is 18.1. The van der Waals surface area contributed by atoms with Gasteiger partial charge >= 0.3 is 6.09 Å². The number of hydrogen-bond donors (Lipinski definition) is 0. The highest BCUT2D eigenvalue weighted by atomic mass is 19.1. The van der Waals surface area contributed by atoms with Crippen LogP contribution in [0.4, 0.5) is 9.18 Å². The van der Waals surface area contributed by atoms with Gasteiger partial charge in [-0.25, -0.2) is 9.18 Å². The molecule has 8 nitrogen and oxygen atoms in total. The van der Waals surface area contributed by atoms with Crippen molar-refractivity contribution < 1.29 is 18.7 Å². The molecule has 1 fully saturated rings. The van der Waals surface area contributed by atoms with Gasteiger partial charge in [-0.15, -0.1) is 10.2 Å². The lowest BCUT2D eigenvalue weighted by atomic mass is 9.84. The summed E-state index contributed by atoms with van der Waals surface area (Å²) in [5, 5.41) is 8.67. The van der Waals surface area contributed by atoms with Crippen molar-refractivity contribution in [1.82, 2.24) is 24.6 Å². The summed E-state index contributed by atoms with van der Waals surface area (Å²) in [4.78, 5) is 27.4. The van der Waals surface area contributed by atoms with Gasteiger partial charge in [0.15, 0.2) is 11.6 Å². The van der Waals surface area contributed by atoms with E-state index < -0.39 is 11.6 Å². The Balaban J connectivity index is 1.77. The molecule has 1 spiro atoms. The first kappa shape index (κ1) is 18.4. The van der Waals surface area contributed by atoms with E-state index in [1.54, 1.807) is 24.0 Å². The van der Waals surface area contributed by atoms with Crippen molar-refractivity contribution in [2.75, 3.05) is 26.7 Å². The molecule has 4 rings (SSSR count). The molecule has 2 amide bonds. The Bertz CT molecular complexity index is 903. The predicted octanol–water partition coefficient (Wildman–Crippen LogP) is 2.00. The maximum absolute atomic E-state index is 13.4. The number of ether oxygens (including phenoxy) is 1. The van der Waals surface area contributed by atoms with Crippen LogP contribution in [0.1, 0.15) is 25.6 Å². The third-order valence-electron chi connectivity index (χ3n) is 5.70. The number of carbonyl (C=O) groups is 2. The lowest BCUT2D eigenvalue weighted by Gasteiger charge is -2.48. The number of fused-ring (bicyclic) bond motifs is 2. The van der Waals surface area contributed by atoms with E-state index in [9.17, 15) is 14.0 Å². The van der Waals surface area contributed by atoms with Gasteiger partial charge in [-0.05, 0) is 37.1 Å². The van der Waals surface area contributed by atoms with E-state index in [2.05, 4.69) is 14.8 Å². The number of benzene rings is 1. The van der Waals surface area contributed by atoms with E-state index in [0.717, 1.165) is 5.56 Å². The van der Waals surface area contributed by atoms with Crippen LogP contribution in [0.2, 0.25) is 0 Å². The van der Waals surface area contributed by atoms with E-state index in [1.807, 2.05) is 4.90 Å². The Morgan fingerprint density at radius 3 is 2.39 bits per heavy atom. The summed E-state index contributed by atoms with van der Waals surface area (Å²) in [5.74, 6) is 1.03. The summed E-state index contributed by atoms with van der Waals surface area (Å²) in [5.41, 5.74) is 0.320. The number of halogens is 1. The molecular formula is C19H22FN5O3. The Kier molecular flexibility index (Phi) is 4.52. The zero-order valence-electron chi connectivity index (χ0n) is 15.9. The summed E-state index contributed by atoms with van der Waals surface area (Å²) < 4.78 is 20.4. The zero-order valence-corrected chi connectivity index (χ0v) is 15.9. The van der Waals surface area contributed by atoms with Crippen molar-refractivity contribution in [2.45, 2.75) is 31.8 Å². The molecule has 148 valence electrons.